The van der Waals surface area contributed by atoms with Gasteiger partial charge in [-0.15, -0.1) is 0 Å². The van der Waals surface area contributed by atoms with Crippen LogP contribution in [-0.2, 0) is 14.2 Å². The minimum absolute atomic E-state index is 0.0519. The Labute approximate surface area is 82.0 Å². The minimum Gasteiger partial charge on any atom is -0.393 e. The Morgan fingerprint density at radius 2 is 2.07 bits per heavy atom. The molecule has 0 amide bonds. The van der Waals surface area contributed by atoms with E-state index in [2.05, 4.69) is 4.74 Å². The van der Waals surface area contributed by atoms with Gasteiger partial charge in [0.25, 0.3) is 0 Å². The maximum Gasteiger partial charge on any atom is 0.184 e. The maximum absolute atomic E-state index is 9.68. The van der Waals surface area contributed by atoms with Crippen molar-refractivity contribution >= 4 is 0 Å². The molecule has 3 unspecified atom stereocenters. The van der Waals surface area contributed by atoms with Crippen molar-refractivity contribution < 1.29 is 29.5 Å². The van der Waals surface area contributed by atoms with Crippen LogP contribution in [0.5, 0.6) is 0 Å². The van der Waals surface area contributed by atoms with Gasteiger partial charge in [0.1, 0.15) is 24.6 Å². The quantitative estimate of drug-likeness (QED) is 0.484. The molecule has 1 fully saturated rings. The molecular weight excluding hydrogens is 192 g/mol. The van der Waals surface area contributed by atoms with Crippen LogP contribution in [0, 0.1) is 0 Å². The number of rotatable bonds is 4. The molecule has 3 N–H and O–H groups in total. The lowest BCUT2D eigenvalue weighted by Gasteiger charge is -2.24. The summed E-state index contributed by atoms with van der Waals surface area (Å²) in [4.78, 5) is 0. The van der Waals surface area contributed by atoms with Crippen LogP contribution in [0.1, 0.15) is 6.92 Å². The van der Waals surface area contributed by atoms with E-state index in [1.54, 1.807) is 0 Å². The Morgan fingerprint density at radius 1 is 1.43 bits per heavy atom. The van der Waals surface area contributed by atoms with Crippen molar-refractivity contribution in [1.82, 2.24) is 0 Å². The number of methoxy groups -OCH3 is 1. The Morgan fingerprint density at radius 3 is 2.50 bits per heavy atom. The Balaban J connectivity index is 2.60. The number of hydrogen-bond acceptors (Lipinski definition) is 6. The Hall–Kier alpha value is -0.240. The molecule has 4 atom stereocenters. The van der Waals surface area contributed by atoms with Gasteiger partial charge in [-0.3, -0.25) is 0 Å². The third-order valence-corrected chi connectivity index (χ3v) is 2.30. The van der Waals surface area contributed by atoms with Crippen molar-refractivity contribution in [2.45, 2.75) is 31.0 Å². The minimum atomic E-state index is -1.25. The van der Waals surface area contributed by atoms with Crippen molar-refractivity contribution in [3.05, 3.63) is 0 Å². The molecule has 0 bridgehead atoms. The van der Waals surface area contributed by atoms with E-state index in [1.807, 2.05) is 0 Å². The van der Waals surface area contributed by atoms with Crippen LogP contribution in [-0.4, -0.2) is 59.9 Å². The highest BCUT2D eigenvalue weighted by atomic mass is 16.7. The molecule has 0 radical (unpaired) electrons. The third-order valence-electron chi connectivity index (χ3n) is 2.30. The zero-order chi connectivity index (χ0) is 10.8. The van der Waals surface area contributed by atoms with Gasteiger partial charge in [-0.1, -0.05) is 0 Å². The number of aliphatic hydroxyl groups excluding tert-OH is 3. The first-order chi connectivity index (χ1) is 6.55. The van der Waals surface area contributed by atoms with Gasteiger partial charge < -0.3 is 29.5 Å². The maximum atomic E-state index is 9.68. The van der Waals surface area contributed by atoms with Crippen molar-refractivity contribution in [1.29, 1.82) is 0 Å². The lowest BCUT2D eigenvalue weighted by molar-refractivity contribution is -0.185. The average molecular weight is 208 g/mol. The molecule has 1 heterocycles. The van der Waals surface area contributed by atoms with Crippen LogP contribution < -0.4 is 0 Å². The molecule has 0 saturated carbocycles. The summed E-state index contributed by atoms with van der Waals surface area (Å²) in [5, 5.41) is 28.0. The molecule has 1 aliphatic rings. The van der Waals surface area contributed by atoms with Gasteiger partial charge in [0.15, 0.2) is 6.29 Å². The van der Waals surface area contributed by atoms with Crippen molar-refractivity contribution in [2.75, 3.05) is 20.5 Å². The number of hydrogen-bond donors (Lipinski definition) is 3. The smallest absolute Gasteiger partial charge is 0.184 e. The molecule has 84 valence electrons. The first-order valence-corrected chi connectivity index (χ1v) is 4.30. The van der Waals surface area contributed by atoms with Crippen LogP contribution >= 0.6 is 0 Å². The number of ether oxygens (including phenoxy) is 3. The highest BCUT2D eigenvalue weighted by molar-refractivity contribution is 4.96. The monoisotopic (exact) mass is 208 g/mol. The molecule has 14 heavy (non-hydrogen) atoms. The summed E-state index contributed by atoms with van der Waals surface area (Å²) in [6.07, 6.45) is -3.23. The molecule has 6 heteroatoms. The summed E-state index contributed by atoms with van der Waals surface area (Å²) in [5.41, 5.74) is -1.18. The average Bonchev–Trinajstić information content (AvgIpc) is 2.37. The fourth-order valence-corrected chi connectivity index (χ4v) is 1.37. The largest absolute Gasteiger partial charge is 0.393 e. The molecule has 0 spiro atoms. The van der Waals surface area contributed by atoms with Gasteiger partial charge in [0.05, 0.1) is 6.61 Å². The summed E-state index contributed by atoms with van der Waals surface area (Å²) in [5.74, 6) is 0. The van der Waals surface area contributed by atoms with E-state index in [0.717, 1.165) is 0 Å². The van der Waals surface area contributed by atoms with Crippen LogP contribution in [0.15, 0.2) is 0 Å². The zero-order valence-corrected chi connectivity index (χ0v) is 8.21. The first kappa shape index (κ1) is 11.8. The summed E-state index contributed by atoms with van der Waals surface area (Å²) in [7, 11) is 1.43. The Kier molecular flexibility index (Phi) is 3.82. The molecule has 1 rings (SSSR count). The summed E-state index contributed by atoms with van der Waals surface area (Å²) in [6.45, 7) is 1.05. The van der Waals surface area contributed by atoms with E-state index >= 15 is 0 Å². The second-order valence-corrected chi connectivity index (χ2v) is 3.46. The topological polar surface area (TPSA) is 88.4 Å². The van der Waals surface area contributed by atoms with Crippen molar-refractivity contribution in [2.24, 2.45) is 0 Å². The normalized spacial score (nSPS) is 43.1. The van der Waals surface area contributed by atoms with Gasteiger partial charge in [0.2, 0.25) is 0 Å². The molecular formula is C8H16O6. The molecule has 6 nitrogen and oxygen atoms in total. The van der Waals surface area contributed by atoms with Gasteiger partial charge in [0, 0.05) is 7.11 Å². The molecule has 1 saturated heterocycles. The summed E-state index contributed by atoms with van der Waals surface area (Å²) >= 11 is 0. The van der Waals surface area contributed by atoms with Crippen LogP contribution in [0.25, 0.3) is 0 Å². The predicted octanol–water partition coefficient (Wildman–Crippen LogP) is -1.56. The SMILES string of the molecule is COCOC1C(O)O[C@](C)(CO)C1O. The van der Waals surface area contributed by atoms with Gasteiger partial charge >= 0.3 is 0 Å². The highest BCUT2D eigenvalue weighted by Gasteiger charge is 2.51. The lowest BCUT2D eigenvalue weighted by atomic mass is 9.99. The number of aliphatic hydroxyl groups is 3. The van der Waals surface area contributed by atoms with E-state index in [9.17, 15) is 10.2 Å². The molecule has 0 aromatic heterocycles. The highest BCUT2D eigenvalue weighted by Crippen LogP contribution is 2.31. The zero-order valence-electron chi connectivity index (χ0n) is 8.21. The lowest BCUT2D eigenvalue weighted by Crippen LogP contribution is -2.44. The van der Waals surface area contributed by atoms with E-state index in [0.29, 0.717) is 0 Å². The summed E-state index contributed by atoms with van der Waals surface area (Å²) < 4.78 is 14.7. The Bertz CT molecular complexity index is 187. The van der Waals surface area contributed by atoms with Gasteiger partial charge in [-0.25, -0.2) is 0 Å². The van der Waals surface area contributed by atoms with E-state index in [1.165, 1.54) is 14.0 Å². The third kappa shape index (κ3) is 2.05. The van der Waals surface area contributed by atoms with E-state index in [4.69, 9.17) is 14.6 Å². The standard InChI is InChI=1S/C8H16O6/c1-8(3-9)6(10)5(7(11)14-8)13-4-12-2/h5-7,9-11H,3-4H2,1-2H3/t5?,6?,7?,8-/m1/s1. The van der Waals surface area contributed by atoms with Gasteiger partial charge in [-0.05, 0) is 6.92 Å². The van der Waals surface area contributed by atoms with E-state index in [-0.39, 0.29) is 6.79 Å². The van der Waals surface area contributed by atoms with Crippen molar-refractivity contribution in [3.63, 3.8) is 0 Å². The van der Waals surface area contributed by atoms with Crippen LogP contribution in [0.4, 0.5) is 0 Å². The second kappa shape index (κ2) is 4.52. The van der Waals surface area contributed by atoms with Crippen LogP contribution in [0.3, 0.4) is 0 Å². The molecule has 1 aliphatic heterocycles. The summed E-state index contributed by atoms with van der Waals surface area (Å²) in [6, 6.07) is 0. The molecule has 0 aliphatic carbocycles. The van der Waals surface area contributed by atoms with Crippen molar-refractivity contribution in [3.8, 4) is 0 Å². The fourth-order valence-electron chi connectivity index (χ4n) is 1.37. The molecule has 0 aromatic rings. The molecule has 0 aromatic carbocycles. The van der Waals surface area contributed by atoms with Gasteiger partial charge in [-0.2, -0.15) is 0 Å². The van der Waals surface area contributed by atoms with Crippen LogP contribution in [0.2, 0.25) is 0 Å². The van der Waals surface area contributed by atoms with E-state index < -0.39 is 30.7 Å². The predicted molar refractivity (Wildman–Crippen MR) is 45.3 cm³/mol. The first-order valence-electron chi connectivity index (χ1n) is 4.30. The second-order valence-electron chi connectivity index (χ2n) is 3.46. The fraction of sp³-hybridized carbons (Fsp3) is 1.00.